The molecule has 0 spiro atoms. The smallest absolute Gasteiger partial charge is 0.315 e. The average Bonchev–Trinajstić information content (AvgIpc) is 2.86. The Morgan fingerprint density at radius 3 is 2.24 bits per heavy atom. The maximum atomic E-state index is 13.6. The topological polar surface area (TPSA) is 74.2 Å². The van der Waals surface area contributed by atoms with Gasteiger partial charge in [-0.25, -0.2) is 0 Å². The van der Waals surface area contributed by atoms with Gasteiger partial charge < -0.3 is 14.2 Å². The molecule has 0 bridgehead atoms. The second-order valence-corrected chi connectivity index (χ2v) is 8.81. The largest absolute Gasteiger partial charge is 0.497 e. The maximum Gasteiger partial charge on any atom is 0.315 e. The summed E-state index contributed by atoms with van der Waals surface area (Å²) in [5.41, 5.74) is 4.04. The predicted molar refractivity (Wildman–Crippen MR) is 131 cm³/mol. The highest BCUT2D eigenvalue weighted by atomic mass is 16.5. The third-order valence-corrected chi connectivity index (χ3v) is 6.64. The molecule has 178 valence electrons. The van der Waals surface area contributed by atoms with E-state index in [2.05, 4.69) is 6.92 Å². The number of ether oxygens (including phenoxy) is 3. The van der Waals surface area contributed by atoms with Crippen LogP contribution in [0.4, 0.5) is 0 Å². The number of esters is 1. The van der Waals surface area contributed by atoms with E-state index in [0.717, 1.165) is 34.7 Å². The normalized spacial score (nSPS) is 22.1. The second kappa shape index (κ2) is 10.2. The zero-order valence-electron chi connectivity index (χ0n) is 20.2. The lowest BCUT2D eigenvalue weighted by Crippen LogP contribution is -2.37. The van der Waals surface area contributed by atoms with Gasteiger partial charge in [0.05, 0.1) is 20.8 Å². The van der Waals surface area contributed by atoms with Crippen LogP contribution < -0.4 is 9.47 Å². The van der Waals surface area contributed by atoms with E-state index in [9.17, 15) is 9.59 Å². The molecule has 0 saturated carbocycles. The van der Waals surface area contributed by atoms with Crippen molar-refractivity contribution in [2.45, 2.75) is 44.9 Å². The molecule has 1 aliphatic carbocycles. The summed E-state index contributed by atoms with van der Waals surface area (Å²) in [6.07, 6.45) is 1.94. The minimum absolute atomic E-state index is 0.0310. The SMILES string of the molecule is CCCOc1ccc(C2C3=C(CC(c4ccc(OC)cc4)CC3=O)N=C(C)C2C(=O)OC)cc1. The van der Waals surface area contributed by atoms with Crippen molar-refractivity contribution in [1.29, 1.82) is 0 Å². The van der Waals surface area contributed by atoms with Crippen LogP contribution in [-0.4, -0.2) is 38.3 Å². The van der Waals surface area contributed by atoms with Crippen LogP contribution in [0.3, 0.4) is 0 Å². The number of Topliss-reactive ketones (excluding diaryl/α,β-unsaturated/α-hetero) is 1. The summed E-state index contributed by atoms with van der Waals surface area (Å²) in [4.78, 5) is 31.2. The standard InChI is InChI=1S/C28H31NO5/c1-5-14-34-22-12-8-19(9-13-22)26-25(28(31)33-4)17(2)29-23-15-20(16-24(30)27(23)26)18-6-10-21(32-3)11-7-18/h6-13,20,25-26H,5,14-16H2,1-4H3. The molecule has 6 heteroatoms. The molecular weight excluding hydrogens is 430 g/mol. The molecule has 2 aromatic rings. The van der Waals surface area contributed by atoms with Crippen LogP contribution in [0.1, 0.15) is 56.1 Å². The van der Waals surface area contributed by atoms with E-state index < -0.39 is 11.8 Å². The van der Waals surface area contributed by atoms with Gasteiger partial charge in [-0.1, -0.05) is 31.2 Å². The molecule has 2 aromatic carbocycles. The molecule has 0 aromatic heterocycles. The van der Waals surface area contributed by atoms with Crippen molar-refractivity contribution >= 4 is 17.5 Å². The molecule has 1 aliphatic heterocycles. The lowest BCUT2D eigenvalue weighted by molar-refractivity contribution is -0.143. The zero-order valence-corrected chi connectivity index (χ0v) is 20.2. The lowest BCUT2D eigenvalue weighted by Gasteiger charge is -2.36. The summed E-state index contributed by atoms with van der Waals surface area (Å²) in [7, 11) is 3.01. The first-order chi connectivity index (χ1) is 16.5. The molecule has 1 heterocycles. The Hall–Kier alpha value is -3.41. The van der Waals surface area contributed by atoms with Gasteiger partial charge in [0.2, 0.25) is 0 Å². The fraction of sp³-hybridized carbons (Fsp3) is 0.393. The van der Waals surface area contributed by atoms with Gasteiger partial charge in [-0.2, -0.15) is 0 Å². The molecule has 4 rings (SSSR count). The molecule has 0 N–H and O–H groups in total. The highest BCUT2D eigenvalue weighted by Crippen LogP contribution is 2.47. The van der Waals surface area contributed by atoms with E-state index in [1.807, 2.05) is 55.5 Å². The molecule has 0 radical (unpaired) electrons. The molecule has 6 nitrogen and oxygen atoms in total. The van der Waals surface area contributed by atoms with Crippen molar-refractivity contribution in [2.75, 3.05) is 20.8 Å². The number of hydrogen-bond acceptors (Lipinski definition) is 6. The Balaban J connectivity index is 1.72. The number of ketones is 1. The van der Waals surface area contributed by atoms with Crippen molar-refractivity contribution in [2.24, 2.45) is 10.9 Å². The number of aliphatic imine (C=N–C) groups is 1. The number of allylic oxidation sites excluding steroid dienone is 2. The number of carbonyl (C=O) groups excluding carboxylic acids is 2. The average molecular weight is 462 g/mol. The Labute approximate surface area is 200 Å². The second-order valence-electron chi connectivity index (χ2n) is 8.81. The van der Waals surface area contributed by atoms with Crippen LogP contribution in [0.15, 0.2) is 64.8 Å². The first-order valence-corrected chi connectivity index (χ1v) is 11.7. The number of methoxy groups -OCH3 is 2. The van der Waals surface area contributed by atoms with Gasteiger partial charge in [0.25, 0.3) is 0 Å². The first-order valence-electron chi connectivity index (χ1n) is 11.7. The van der Waals surface area contributed by atoms with Gasteiger partial charge in [-0.3, -0.25) is 14.6 Å². The molecule has 0 fully saturated rings. The maximum absolute atomic E-state index is 13.6. The molecule has 0 saturated heterocycles. The highest BCUT2D eigenvalue weighted by Gasteiger charge is 2.44. The Morgan fingerprint density at radius 1 is 0.971 bits per heavy atom. The summed E-state index contributed by atoms with van der Waals surface area (Å²) >= 11 is 0. The van der Waals surface area contributed by atoms with Crippen LogP contribution >= 0.6 is 0 Å². The van der Waals surface area contributed by atoms with Gasteiger partial charge in [0, 0.05) is 29.3 Å². The Bertz CT molecular complexity index is 1110. The third-order valence-electron chi connectivity index (χ3n) is 6.64. The fourth-order valence-electron chi connectivity index (χ4n) is 4.96. The van der Waals surface area contributed by atoms with Crippen LogP contribution in [-0.2, 0) is 14.3 Å². The first kappa shape index (κ1) is 23.7. The van der Waals surface area contributed by atoms with Crippen LogP contribution in [0, 0.1) is 5.92 Å². The number of rotatable bonds is 7. The fourth-order valence-corrected chi connectivity index (χ4v) is 4.96. The molecule has 0 amide bonds. The van der Waals surface area contributed by atoms with Crippen molar-refractivity contribution < 1.29 is 23.8 Å². The van der Waals surface area contributed by atoms with E-state index in [0.29, 0.717) is 30.7 Å². The number of carbonyl (C=O) groups is 2. The van der Waals surface area contributed by atoms with Gasteiger partial charge in [0.15, 0.2) is 5.78 Å². The van der Waals surface area contributed by atoms with Gasteiger partial charge >= 0.3 is 5.97 Å². The van der Waals surface area contributed by atoms with Crippen molar-refractivity contribution in [3.8, 4) is 11.5 Å². The van der Waals surface area contributed by atoms with Gasteiger partial charge in [-0.05, 0) is 61.1 Å². The molecule has 3 atom stereocenters. The predicted octanol–water partition coefficient (Wildman–Crippen LogP) is 5.23. The third kappa shape index (κ3) is 4.63. The Kier molecular flexibility index (Phi) is 7.15. The van der Waals surface area contributed by atoms with Gasteiger partial charge in [0.1, 0.15) is 17.4 Å². The number of hydrogen-bond donors (Lipinski definition) is 0. The van der Waals surface area contributed by atoms with E-state index in [1.54, 1.807) is 7.11 Å². The van der Waals surface area contributed by atoms with E-state index in [1.165, 1.54) is 7.11 Å². The summed E-state index contributed by atoms with van der Waals surface area (Å²) < 4.78 is 16.1. The highest BCUT2D eigenvalue weighted by molar-refractivity contribution is 6.09. The molecule has 34 heavy (non-hydrogen) atoms. The monoisotopic (exact) mass is 461 g/mol. The molecule has 2 aliphatic rings. The summed E-state index contributed by atoms with van der Waals surface area (Å²) in [6.45, 7) is 4.54. The van der Waals surface area contributed by atoms with Crippen LogP contribution in [0.2, 0.25) is 0 Å². The van der Waals surface area contributed by atoms with Crippen molar-refractivity contribution in [1.82, 2.24) is 0 Å². The van der Waals surface area contributed by atoms with E-state index in [-0.39, 0.29) is 17.7 Å². The van der Waals surface area contributed by atoms with Crippen molar-refractivity contribution in [3.05, 3.63) is 70.9 Å². The van der Waals surface area contributed by atoms with Crippen LogP contribution in [0.25, 0.3) is 0 Å². The lowest BCUT2D eigenvalue weighted by atomic mass is 9.69. The Morgan fingerprint density at radius 2 is 1.62 bits per heavy atom. The summed E-state index contributed by atoms with van der Waals surface area (Å²) in [5.74, 6) is 0.179. The molecule has 3 unspecified atom stereocenters. The minimum Gasteiger partial charge on any atom is -0.497 e. The number of benzene rings is 2. The summed E-state index contributed by atoms with van der Waals surface area (Å²) in [6, 6.07) is 15.5. The van der Waals surface area contributed by atoms with Crippen LogP contribution in [0.5, 0.6) is 11.5 Å². The quantitative estimate of drug-likeness (QED) is 0.528. The zero-order chi connectivity index (χ0) is 24.2. The molecular formula is C28H31NO5. The van der Waals surface area contributed by atoms with Crippen molar-refractivity contribution in [3.63, 3.8) is 0 Å². The minimum atomic E-state index is -0.632. The summed E-state index contributed by atoms with van der Waals surface area (Å²) in [5, 5.41) is 0. The van der Waals surface area contributed by atoms with Gasteiger partial charge in [-0.15, -0.1) is 0 Å². The van der Waals surface area contributed by atoms with E-state index in [4.69, 9.17) is 19.2 Å². The number of nitrogens with zero attached hydrogens (tertiary/aromatic N) is 1. The van der Waals surface area contributed by atoms with E-state index >= 15 is 0 Å².